The molecule has 1 aliphatic heterocycles. The van der Waals surface area contributed by atoms with Crippen molar-refractivity contribution in [3.63, 3.8) is 0 Å². The van der Waals surface area contributed by atoms with Gasteiger partial charge < -0.3 is 0 Å². The van der Waals surface area contributed by atoms with Crippen molar-refractivity contribution in [2.24, 2.45) is 0 Å². The topological polar surface area (TPSA) is 74.1 Å². The fraction of sp³-hybridized carbons (Fsp3) is 0.333. The molecule has 0 bridgehead atoms. The summed E-state index contributed by atoms with van der Waals surface area (Å²) in [5.41, 5.74) is 0.428. The third-order valence-electron chi connectivity index (χ3n) is 2.80. The smallest absolute Gasteiger partial charge is 0.228 e. The lowest BCUT2D eigenvalue weighted by Crippen LogP contribution is -2.38. The second kappa shape index (κ2) is 4.34. The Bertz CT molecular complexity index is 519. The molecule has 5 heteroatoms. The van der Waals surface area contributed by atoms with E-state index in [-0.39, 0.29) is 11.7 Å². The number of ketones is 1. The quantitative estimate of drug-likeness (QED) is 0.759. The van der Waals surface area contributed by atoms with Crippen LogP contribution in [0.5, 0.6) is 0 Å². The average Bonchev–Trinajstić information content (AvgIpc) is 2.71. The van der Waals surface area contributed by atoms with Gasteiger partial charge in [-0.25, -0.2) is 4.98 Å². The number of hydrogen-bond acceptors (Lipinski definition) is 4. The molecule has 1 amide bonds. The van der Waals surface area contributed by atoms with Crippen LogP contribution in [0.3, 0.4) is 0 Å². The summed E-state index contributed by atoms with van der Waals surface area (Å²) in [6.45, 7) is 1.46. The highest BCUT2D eigenvalue weighted by atomic mass is 16.2. The van der Waals surface area contributed by atoms with Crippen LogP contribution in [0.25, 0.3) is 0 Å². The van der Waals surface area contributed by atoms with E-state index in [9.17, 15) is 9.59 Å². The number of Topliss-reactive ketones (excluding diaryl/α,β-unsaturated/α-hetero) is 1. The molecule has 5 nitrogen and oxygen atoms in total. The number of pyridine rings is 1. The number of hydrogen-bond donors (Lipinski definition) is 0. The molecule has 0 radical (unpaired) electrons. The van der Waals surface area contributed by atoms with Crippen molar-refractivity contribution in [2.45, 2.75) is 25.8 Å². The van der Waals surface area contributed by atoms with Crippen molar-refractivity contribution in [1.29, 1.82) is 5.26 Å². The second-order valence-corrected chi connectivity index (χ2v) is 3.94. The van der Waals surface area contributed by atoms with Crippen LogP contribution in [0.15, 0.2) is 18.3 Å². The summed E-state index contributed by atoms with van der Waals surface area (Å²) < 4.78 is 0. The highest BCUT2D eigenvalue weighted by Crippen LogP contribution is 2.25. The number of carbonyl (C=O) groups is 2. The maximum Gasteiger partial charge on any atom is 0.228 e. The van der Waals surface area contributed by atoms with Crippen LogP contribution in [0.1, 0.15) is 25.3 Å². The monoisotopic (exact) mass is 229 g/mol. The summed E-state index contributed by atoms with van der Waals surface area (Å²) in [7, 11) is 0. The van der Waals surface area contributed by atoms with E-state index >= 15 is 0 Å². The van der Waals surface area contributed by atoms with Gasteiger partial charge in [0, 0.05) is 12.6 Å². The summed E-state index contributed by atoms with van der Waals surface area (Å²) in [4.78, 5) is 28.6. The van der Waals surface area contributed by atoms with Crippen LogP contribution in [-0.2, 0) is 9.59 Å². The van der Waals surface area contributed by atoms with Gasteiger partial charge in [-0.1, -0.05) is 0 Å². The van der Waals surface area contributed by atoms with Crippen LogP contribution in [0, 0.1) is 11.3 Å². The lowest BCUT2D eigenvalue weighted by molar-refractivity contribution is -0.121. The summed E-state index contributed by atoms with van der Waals surface area (Å²) in [6, 6.07) is 4.64. The van der Waals surface area contributed by atoms with Crippen molar-refractivity contribution < 1.29 is 9.59 Å². The highest BCUT2D eigenvalue weighted by molar-refractivity contribution is 6.03. The normalized spacial score (nSPS) is 19.2. The Labute approximate surface area is 98.7 Å². The van der Waals surface area contributed by atoms with Gasteiger partial charge in [-0.3, -0.25) is 14.5 Å². The van der Waals surface area contributed by atoms with Crippen molar-refractivity contribution in [3.8, 4) is 6.07 Å². The van der Waals surface area contributed by atoms with Gasteiger partial charge in [0.1, 0.15) is 5.82 Å². The standard InChI is InChI=1S/C12H11N3O2/c1-8(16)10-2-3-12(17)15(10)11-6-9(7-13)4-5-14-11/h4-6,10H,2-3H2,1H3/t10-/m0/s1. The van der Waals surface area contributed by atoms with Gasteiger partial charge in [0.25, 0.3) is 0 Å². The maximum atomic E-state index is 11.7. The lowest BCUT2D eigenvalue weighted by Gasteiger charge is -2.21. The van der Waals surface area contributed by atoms with E-state index < -0.39 is 6.04 Å². The van der Waals surface area contributed by atoms with Gasteiger partial charge in [0.2, 0.25) is 5.91 Å². The fourth-order valence-corrected chi connectivity index (χ4v) is 1.98. The first kappa shape index (κ1) is 11.3. The van der Waals surface area contributed by atoms with Gasteiger partial charge in [-0.05, 0) is 25.5 Å². The molecule has 0 saturated carbocycles. The maximum absolute atomic E-state index is 11.7. The van der Waals surface area contributed by atoms with Crippen LogP contribution in [-0.4, -0.2) is 22.7 Å². The average molecular weight is 229 g/mol. The minimum atomic E-state index is -0.441. The summed E-state index contributed by atoms with van der Waals surface area (Å²) in [5.74, 6) is 0.208. The van der Waals surface area contributed by atoms with E-state index in [1.807, 2.05) is 6.07 Å². The first-order valence-electron chi connectivity index (χ1n) is 5.32. The van der Waals surface area contributed by atoms with Crippen LogP contribution < -0.4 is 4.90 Å². The Morgan fingerprint density at radius 2 is 2.41 bits per heavy atom. The number of nitrogens with zero attached hydrogens (tertiary/aromatic N) is 3. The number of aromatic nitrogens is 1. The molecule has 0 unspecified atom stereocenters. The molecule has 1 aromatic heterocycles. The van der Waals surface area contributed by atoms with Gasteiger partial charge in [-0.2, -0.15) is 5.26 Å². The third kappa shape index (κ3) is 2.02. The molecule has 1 fully saturated rings. The zero-order valence-electron chi connectivity index (χ0n) is 9.38. The van der Waals surface area contributed by atoms with Gasteiger partial charge in [0.15, 0.2) is 5.78 Å². The Morgan fingerprint density at radius 1 is 1.65 bits per heavy atom. The number of rotatable bonds is 2. The molecule has 0 aliphatic carbocycles. The molecule has 17 heavy (non-hydrogen) atoms. The molecule has 0 N–H and O–H groups in total. The highest BCUT2D eigenvalue weighted by Gasteiger charge is 2.35. The van der Waals surface area contributed by atoms with E-state index in [1.165, 1.54) is 24.1 Å². The first-order valence-corrected chi connectivity index (χ1v) is 5.32. The first-order chi connectivity index (χ1) is 8.13. The Morgan fingerprint density at radius 3 is 3.06 bits per heavy atom. The second-order valence-electron chi connectivity index (χ2n) is 3.94. The number of amides is 1. The number of carbonyl (C=O) groups excluding carboxylic acids is 2. The van der Waals surface area contributed by atoms with Crippen molar-refractivity contribution >= 4 is 17.5 Å². The summed E-state index contributed by atoms with van der Waals surface area (Å²) in [5, 5.41) is 8.80. The van der Waals surface area contributed by atoms with E-state index in [0.717, 1.165) is 0 Å². The molecule has 86 valence electrons. The van der Waals surface area contributed by atoms with Crippen LogP contribution in [0.4, 0.5) is 5.82 Å². The zero-order chi connectivity index (χ0) is 12.4. The molecular weight excluding hydrogens is 218 g/mol. The summed E-state index contributed by atoms with van der Waals surface area (Å²) in [6.07, 6.45) is 2.34. The van der Waals surface area contributed by atoms with E-state index in [2.05, 4.69) is 4.98 Å². The van der Waals surface area contributed by atoms with E-state index in [0.29, 0.717) is 24.2 Å². The summed E-state index contributed by atoms with van der Waals surface area (Å²) >= 11 is 0. The SMILES string of the molecule is CC(=O)[C@@H]1CCC(=O)N1c1cc(C#N)ccn1. The minimum Gasteiger partial charge on any atom is -0.298 e. The van der Waals surface area contributed by atoms with Crippen LogP contribution >= 0.6 is 0 Å². The molecule has 1 aromatic rings. The lowest BCUT2D eigenvalue weighted by atomic mass is 10.1. The van der Waals surface area contributed by atoms with Gasteiger partial charge >= 0.3 is 0 Å². The fourth-order valence-electron chi connectivity index (χ4n) is 1.98. The number of anilines is 1. The molecule has 2 heterocycles. The Balaban J connectivity index is 2.40. The molecule has 2 rings (SSSR count). The molecular formula is C12H11N3O2. The Kier molecular flexibility index (Phi) is 2.88. The zero-order valence-corrected chi connectivity index (χ0v) is 9.38. The van der Waals surface area contributed by atoms with Crippen molar-refractivity contribution in [1.82, 2.24) is 4.98 Å². The van der Waals surface area contributed by atoms with Gasteiger partial charge in [0.05, 0.1) is 17.7 Å². The predicted molar refractivity (Wildman–Crippen MR) is 60.1 cm³/mol. The van der Waals surface area contributed by atoms with E-state index in [4.69, 9.17) is 5.26 Å². The molecule has 1 aliphatic rings. The predicted octanol–water partition coefficient (Wildman–Crippen LogP) is 1.04. The van der Waals surface area contributed by atoms with E-state index in [1.54, 1.807) is 6.07 Å². The number of nitriles is 1. The van der Waals surface area contributed by atoms with Crippen molar-refractivity contribution in [3.05, 3.63) is 23.9 Å². The molecule has 1 saturated heterocycles. The molecule has 0 spiro atoms. The minimum absolute atomic E-state index is 0.0555. The van der Waals surface area contributed by atoms with Gasteiger partial charge in [-0.15, -0.1) is 0 Å². The molecule has 0 aromatic carbocycles. The largest absolute Gasteiger partial charge is 0.298 e. The molecule has 1 atom stereocenters. The van der Waals surface area contributed by atoms with Crippen molar-refractivity contribution in [2.75, 3.05) is 4.90 Å². The van der Waals surface area contributed by atoms with Crippen LogP contribution in [0.2, 0.25) is 0 Å². The third-order valence-corrected chi connectivity index (χ3v) is 2.80. The Hall–Kier alpha value is -2.22.